The lowest BCUT2D eigenvalue weighted by atomic mass is 9.86. The Morgan fingerprint density at radius 3 is 2.33 bits per heavy atom. The van der Waals surface area contributed by atoms with Gasteiger partial charge in [-0.3, -0.25) is 4.79 Å². The van der Waals surface area contributed by atoms with E-state index in [0.717, 1.165) is 24.0 Å². The zero-order chi connectivity index (χ0) is 15.1. The number of phenolic OH excluding ortho intramolecular Hbond substituents is 1. The molecule has 0 spiro atoms. The van der Waals surface area contributed by atoms with Crippen molar-refractivity contribution in [2.75, 3.05) is 0 Å². The van der Waals surface area contributed by atoms with Gasteiger partial charge in [0.2, 0.25) is 0 Å². The van der Waals surface area contributed by atoms with E-state index in [0.29, 0.717) is 18.6 Å². The minimum atomic E-state index is -0.0951. The van der Waals surface area contributed by atoms with Crippen LogP contribution < -0.4 is 0 Å². The Balaban J connectivity index is 2.19. The lowest BCUT2D eigenvalue weighted by Crippen LogP contribution is -2.15. The Hall–Kier alpha value is -2.09. The highest BCUT2D eigenvalue weighted by molar-refractivity contribution is 5.86. The van der Waals surface area contributed by atoms with Crippen LogP contribution in [0.1, 0.15) is 43.2 Å². The molecule has 0 saturated carbocycles. The molecule has 1 atom stereocenters. The van der Waals surface area contributed by atoms with Gasteiger partial charge in [-0.2, -0.15) is 0 Å². The van der Waals surface area contributed by atoms with Crippen LogP contribution in [0.15, 0.2) is 54.6 Å². The summed E-state index contributed by atoms with van der Waals surface area (Å²) >= 11 is 0. The molecule has 2 aromatic rings. The minimum Gasteiger partial charge on any atom is -0.508 e. The van der Waals surface area contributed by atoms with E-state index in [1.54, 1.807) is 12.1 Å². The molecule has 0 bridgehead atoms. The number of aromatic hydroxyl groups is 1. The Kier molecular flexibility index (Phi) is 5.56. The van der Waals surface area contributed by atoms with Gasteiger partial charge in [0.15, 0.2) is 0 Å². The SMILES string of the molecule is CCCCC(=O)C(Cc1ccc(O)cc1)c1ccccc1. The summed E-state index contributed by atoms with van der Waals surface area (Å²) in [4.78, 5) is 12.5. The number of hydrogen-bond acceptors (Lipinski definition) is 2. The Labute approximate surface area is 126 Å². The van der Waals surface area contributed by atoms with Gasteiger partial charge in [-0.05, 0) is 36.1 Å². The molecular weight excluding hydrogens is 260 g/mol. The molecule has 110 valence electrons. The van der Waals surface area contributed by atoms with Crippen molar-refractivity contribution in [3.05, 3.63) is 65.7 Å². The van der Waals surface area contributed by atoms with Gasteiger partial charge in [0.25, 0.3) is 0 Å². The predicted octanol–water partition coefficient (Wildman–Crippen LogP) is 4.48. The van der Waals surface area contributed by atoms with Crippen LogP contribution in [0, 0.1) is 0 Å². The van der Waals surface area contributed by atoms with Gasteiger partial charge in [0.05, 0.1) is 0 Å². The second kappa shape index (κ2) is 7.63. The Morgan fingerprint density at radius 1 is 1.05 bits per heavy atom. The van der Waals surface area contributed by atoms with Gasteiger partial charge >= 0.3 is 0 Å². The van der Waals surface area contributed by atoms with E-state index in [2.05, 4.69) is 6.92 Å². The van der Waals surface area contributed by atoms with Gasteiger partial charge in [-0.15, -0.1) is 0 Å². The molecule has 0 fully saturated rings. The molecular formula is C19H22O2. The van der Waals surface area contributed by atoms with Crippen LogP contribution in [0.3, 0.4) is 0 Å². The first kappa shape index (κ1) is 15.3. The molecule has 0 radical (unpaired) electrons. The lowest BCUT2D eigenvalue weighted by molar-refractivity contribution is -0.120. The number of benzene rings is 2. The number of rotatable bonds is 7. The molecule has 0 aromatic heterocycles. The van der Waals surface area contributed by atoms with Crippen LogP contribution in [-0.4, -0.2) is 10.9 Å². The molecule has 0 aliphatic carbocycles. The summed E-state index contributed by atoms with van der Waals surface area (Å²) < 4.78 is 0. The zero-order valence-corrected chi connectivity index (χ0v) is 12.5. The summed E-state index contributed by atoms with van der Waals surface area (Å²) in [6.07, 6.45) is 3.30. The maximum Gasteiger partial charge on any atom is 0.140 e. The van der Waals surface area contributed by atoms with Crippen LogP contribution >= 0.6 is 0 Å². The van der Waals surface area contributed by atoms with Crippen LogP contribution in [0.25, 0.3) is 0 Å². The normalized spacial score (nSPS) is 12.0. The quantitative estimate of drug-likeness (QED) is 0.813. The standard InChI is InChI=1S/C19H22O2/c1-2-3-9-19(21)18(16-7-5-4-6-8-16)14-15-10-12-17(20)13-11-15/h4-8,10-13,18,20H,2-3,9,14H2,1H3. The van der Waals surface area contributed by atoms with E-state index < -0.39 is 0 Å². The first-order valence-corrected chi connectivity index (χ1v) is 7.56. The largest absolute Gasteiger partial charge is 0.508 e. The summed E-state index contributed by atoms with van der Waals surface area (Å²) in [6, 6.07) is 17.1. The zero-order valence-electron chi connectivity index (χ0n) is 12.5. The number of ketones is 1. The van der Waals surface area contributed by atoms with Crippen LogP contribution in [0.2, 0.25) is 0 Å². The highest BCUT2D eigenvalue weighted by Crippen LogP contribution is 2.25. The van der Waals surface area contributed by atoms with Crippen LogP contribution in [0.5, 0.6) is 5.75 Å². The van der Waals surface area contributed by atoms with E-state index in [1.165, 1.54) is 0 Å². The van der Waals surface area contributed by atoms with E-state index >= 15 is 0 Å². The van der Waals surface area contributed by atoms with Crippen molar-refractivity contribution < 1.29 is 9.90 Å². The highest BCUT2D eigenvalue weighted by atomic mass is 16.3. The fourth-order valence-electron chi connectivity index (χ4n) is 2.50. The average molecular weight is 282 g/mol. The third-order valence-corrected chi connectivity index (χ3v) is 3.74. The van der Waals surface area contributed by atoms with Crippen molar-refractivity contribution >= 4 is 5.78 Å². The number of hydrogen-bond donors (Lipinski definition) is 1. The first-order valence-electron chi connectivity index (χ1n) is 7.56. The fourth-order valence-corrected chi connectivity index (χ4v) is 2.50. The van der Waals surface area contributed by atoms with Gasteiger partial charge in [-0.25, -0.2) is 0 Å². The van der Waals surface area contributed by atoms with Crippen molar-refractivity contribution in [1.29, 1.82) is 0 Å². The molecule has 1 unspecified atom stereocenters. The third-order valence-electron chi connectivity index (χ3n) is 3.74. The van der Waals surface area contributed by atoms with Crippen molar-refractivity contribution in [1.82, 2.24) is 0 Å². The maximum atomic E-state index is 12.5. The number of phenols is 1. The number of carbonyl (C=O) groups excluding carboxylic acids is 1. The molecule has 2 rings (SSSR count). The second-order valence-corrected chi connectivity index (χ2v) is 5.40. The Morgan fingerprint density at radius 2 is 1.71 bits per heavy atom. The summed E-state index contributed by atoms with van der Waals surface area (Å²) in [5.74, 6) is 0.464. The van der Waals surface area contributed by atoms with Crippen LogP contribution in [-0.2, 0) is 11.2 Å². The van der Waals surface area contributed by atoms with Gasteiger partial charge in [-0.1, -0.05) is 55.8 Å². The third kappa shape index (κ3) is 4.45. The van der Waals surface area contributed by atoms with E-state index in [4.69, 9.17) is 0 Å². The maximum absolute atomic E-state index is 12.5. The van der Waals surface area contributed by atoms with Crippen molar-refractivity contribution in [3.63, 3.8) is 0 Å². The number of Topliss-reactive ketones (excluding diaryl/α,β-unsaturated/α-hetero) is 1. The average Bonchev–Trinajstić information content (AvgIpc) is 2.53. The van der Waals surface area contributed by atoms with Crippen LogP contribution in [0.4, 0.5) is 0 Å². The number of unbranched alkanes of at least 4 members (excludes halogenated alkanes) is 1. The minimum absolute atomic E-state index is 0.0951. The lowest BCUT2D eigenvalue weighted by Gasteiger charge is -2.16. The fraction of sp³-hybridized carbons (Fsp3) is 0.316. The molecule has 2 nitrogen and oxygen atoms in total. The van der Waals surface area contributed by atoms with E-state index in [-0.39, 0.29) is 11.7 Å². The monoisotopic (exact) mass is 282 g/mol. The van der Waals surface area contributed by atoms with Crippen molar-refractivity contribution in [3.8, 4) is 5.75 Å². The molecule has 0 amide bonds. The molecule has 0 heterocycles. The summed E-state index contributed by atoms with van der Waals surface area (Å²) in [6.45, 7) is 2.10. The van der Waals surface area contributed by atoms with Gasteiger partial charge in [0, 0.05) is 12.3 Å². The molecule has 0 aliphatic rings. The first-order chi connectivity index (χ1) is 10.2. The molecule has 0 saturated heterocycles. The van der Waals surface area contributed by atoms with E-state index in [1.807, 2.05) is 42.5 Å². The number of carbonyl (C=O) groups is 1. The molecule has 21 heavy (non-hydrogen) atoms. The molecule has 1 N–H and O–H groups in total. The van der Waals surface area contributed by atoms with Crippen molar-refractivity contribution in [2.45, 2.75) is 38.5 Å². The van der Waals surface area contributed by atoms with E-state index in [9.17, 15) is 9.90 Å². The molecule has 0 aliphatic heterocycles. The topological polar surface area (TPSA) is 37.3 Å². The Bertz CT molecular complexity index is 558. The molecule has 2 aromatic carbocycles. The molecule has 2 heteroatoms. The van der Waals surface area contributed by atoms with Crippen molar-refractivity contribution in [2.24, 2.45) is 0 Å². The van der Waals surface area contributed by atoms with Gasteiger partial charge < -0.3 is 5.11 Å². The summed E-state index contributed by atoms with van der Waals surface area (Å²) in [7, 11) is 0. The second-order valence-electron chi connectivity index (χ2n) is 5.40. The predicted molar refractivity (Wildman–Crippen MR) is 85.5 cm³/mol. The smallest absolute Gasteiger partial charge is 0.140 e. The van der Waals surface area contributed by atoms with Gasteiger partial charge in [0.1, 0.15) is 11.5 Å². The highest BCUT2D eigenvalue weighted by Gasteiger charge is 2.20. The summed E-state index contributed by atoms with van der Waals surface area (Å²) in [5, 5.41) is 9.37. The summed E-state index contributed by atoms with van der Waals surface area (Å²) in [5.41, 5.74) is 2.15.